The van der Waals surface area contributed by atoms with Gasteiger partial charge in [0.15, 0.2) is 0 Å². The predicted molar refractivity (Wildman–Crippen MR) is 69.8 cm³/mol. The van der Waals surface area contributed by atoms with E-state index in [2.05, 4.69) is 18.8 Å². The summed E-state index contributed by atoms with van der Waals surface area (Å²) in [6.07, 6.45) is 7.55. The number of rotatable bonds is 2. The van der Waals surface area contributed by atoms with Gasteiger partial charge in [-0.25, -0.2) is 4.98 Å². The van der Waals surface area contributed by atoms with Crippen molar-refractivity contribution in [1.82, 2.24) is 4.98 Å². The number of nitrogens with two attached hydrogens (primary N) is 1. The highest BCUT2D eigenvalue weighted by Crippen LogP contribution is 2.27. The number of hydrogen-bond donors (Lipinski definition) is 1. The molecule has 0 aromatic carbocycles. The summed E-state index contributed by atoms with van der Waals surface area (Å²) in [4.78, 5) is 6.01. The van der Waals surface area contributed by atoms with Gasteiger partial charge < -0.3 is 5.73 Å². The van der Waals surface area contributed by atoms with Crippen LogP contribution in [-0.2, 0) is 6.42 Å². The summed E-state index contributed by atoms with van der Waals surface area (Å²) in [7, 11) is 0. The van der Waals surface area contributed by atoms with Crippen molar-refractivity contribution < 1.29 is 0 Å². The quantitative estimate of drug-likeness (QED) is 0.804. The molecule has 1 saturated carbocycles. The van der Waals surface area contributed by atoms with Gasteiger partial charge in [0.1, 0.15) is 0 Å². The molecule has 0 bridgehead atoms. The maximum absolute atomic E-state index is 6.10. The fraction of sp³-hybridized carbons (Fsp3) is 0.769. The van der Waals surface area contributed by atoms with E-state index in [4.69, 9.17) is 5.73 Å². The highest BCUT2D eigenvalue weighted by Gasteiger charge is 2.19. The number of aromatic nitrogens is 1. The summed E-state index contributed by atoms with van der Waals surface area (Å²) in [6.45, 7) is 4.27. The van der Waals surface area contributed by atoms with E-state index in [-0.39, 0.29) is 0 Å². The standard InChI is InChI=1S/C13H22N2S/c1-9-10(2)16-13(15-9)8-11-5-3-4-6-12(14)7-11/h11-12H,3-8,14H2,1-2H3. The average Bonchev–Trinajstić information content (AvgIpc) is 2.43. The molecule has 0 amide bonds. The van der Waals surface area contributed by atoms with Crippen LogP contribution >= 0.6 is 11.3 Å². The third kappa shape index (κ3) is 3.05. The minimum absolute atomic E-state index is 0.426. The van der Waals surface area contributed by atoms with Gasteiger partial charge >= 0.3 is 0 Å². The lowest BCUT2D eigenvalue weighted by Crippen LogP contribution is -2.22. The molecule has 3 heteroatoms. The van der Waals surface area contributed by atoms with Gasteiger partial charge in [0.25, 0.3) is 0 Å². The van der Waals surface area contributed by atoms with Crippen LogP contribution < -0.4 is 5.73 Å². The lowest BCUT2D eigenvalue weighted by molar-refractivity contribution is 0.430. The Hall–Kier alpha value is -0.410. The zero-order valence-corrected chi connectivity index (χ0v) is 11.1. The fourth-order valence-electron chi connectivity index (χ4n) is 2.56. The molecule has 0 aliphatic heterocycles. The molecular weight excluding hydrogens is 216 g/mol. The zero-order chi connectivity index (χ0) is 11.5. The van der Waals surface area contributed by atoms with E-state index < -0.39 is 0 Å². The number of hydrogen-bond acceptors (Lipinski definition) is 3. The second-order valence-corrected chi connectivity index (χ2v) is 6.39. The second kappa shape index (κ2) is 5.28. The summed E-state index contributed by atoms with van der Waals surface area (Å²) < 4.78 is 0. The van der Waals surface area contributed by atoms with Crippen molar-refractivity contribution in [2.75, 3.05) is 0 Å². The first-order valence-corrected chi connectivity index (χ1v) is 7.15. The van der Waals surface area contributed by atoms with E-state index in [0.717, 1.165) is 12.3 Å². The van der Waals surface area contributed by atoms with Crippen molar-refractivity contribution >= 4 is 11.3 Å². The van der Waals surface area contributed by atoms with Gasteiger partial charge in [0, 0.05) is 17.3 Å². The first kappa shape index (κ1) is 12.1. The van der Waals surface area contributed by atoms with Crippen LogP contribution in [0, 0.1) is 19.8 Å². The molecule has 2 N–H and O–H groups in total. The summed E-state index contributed by atoms with van der Waals surface area (Å²) in [5, 5.41) is 1.31. The van der Waals surface area contributed by atoms with Crippen molar-refractivity contribution in [3.63, 3.8) is 0 Å². The van der Waals surface area contributed by atoms with E-state index in [1.54, 1.807) is 0 Å². The molecule has 0 radical (unpaired) electrons. The van der Waals surface area contributed by atoms with E-state index >= 15 is 0 Å². The summed E-state index contributed by atoms with van der Waals surface area (Å²) in [5.41, 5.74) is 7.30. The van der Waals surface area contributed by atoms with Gasteiger partial charge in [0.05, 0.1) is 10.7 Å². The molecule has 1 aliphatic rings. The lowest BCUT2D eigenvalue weighted by atomic mass is 9.95. The Kier molecular flexibility index (Phi) is 3.98. The summed E-state index contributed by atoms with van der Waals surface area (Å²) >= 11 is 1.86. The molecule has 1 heterocycles. The SMILES string of the molecule is Cc1nc(CC2CCCCC(N)C2)sc1C. The average molecular weight is 238 g/mol. The molecule has 2 atom stereocenters. The topological polar surface area (TPSA) is 38.9 Å². The number of nitrogens with zero attached hydrogens (tertiary/aromatic N) is 1. The first-order chi connectivity index (χ1) is 7.65. The first-order valence-electron chi connectivity index (χ1n) is 6.33. The highest BCUT2D eigenvalue weighted by molar-refractivity contribution is 7.11. The largest absolute Gasteiger partial charge is 0.328 e. The number of aryl methyl sites for hydroxylation is 2. The van der Waals surface area contributed by atoms with Crippen molar-refractivity contribution in [3.8, 4) is 0 Å². The van der Waals surface area contributed by atoms with E-state index in [1.807, 2.05) is 11.3 Å². The van der Waals surface area contributed by atoms with Crippen LogP contribution in [0.3, 0.4) is 0 Å². The molecule has 90 valence electrons. The molecule has 1 fully saturated rings. The maximum Gasteiger partial charge on any atom is 0.0933 e. The van der Waals surface area contributed by atoms with Crippen molar-refractivity contribution in [2.24, 2.45) is 11.7 Å². The molecule has 2 nitrogen and oxygen atoms in total. The van der Waals surface area contributed by atoms with E-state index in [1.165, 1.54) is 47.7 Å². The normalized spacial score (nSPS) is 26.7. The maximum atomic E-state index is 6.10. The van der Waals surface area contributed by atoms with Gasteiger partial charge in [0.2, 0.25) is 0 Å². The summed E-state index contributed by atoms with van der Waals surface area (Å²) in [6, 6.07) is 0.426. The molecule has 0 saturated heterocycles. The van der Waals surface area contributed by atoms with Crippen LogP contribution in [0.2, 0.25) is 0 Å². The molecule has 1 aromatic heterocycles. The van der Waals surface area contributed by atoms with Gasteiger partial charge in [-0.05, 0) is 39.0 Å². The van der Waals surface area contributed by atoms with Crippen molar-refractivity contribution in [3.05, 3.63) is 15.6 Å². The fourth-order valence-corrected chi connectivity index (χ4v) is 3.61. The van der Waals surface area contributed by atoms with Gasteiger partial charge in [-0.3, -0.25) is 0 Å². The Morgan fingerprint density at radius 3 is 2.75 bits per heavy atom. The Bertz CT molecular complexity index is 326. The Morgan fingerprint density at radius 2 is 2.06 bits per heavy atom. The van der Waals surface area contributed by atoms with Crippen LogP contribution in [0.5, 0.6) is 0 Å². The molecule has 1 aliphatic carbocycles. The van der Waals surface area contributed by atoms with E-state index in [0.29, 0.717) is 6.04 Å². The minimum atomic E-state index is 0.426. The Labute approximate surface area is 102 Å². The van der Waals surface area contributed by atoms with Crippen LogP contribution in [0.4, 0.5) is 0 Å². The van der Waals surface area contributed by atoms with Crippen LogP contribution in [-0.4, -0.2) is 11.0 Å². The molecule has 2 unspecified atom stereocenters. The minimum Gasteiger partial charge on any atom is -0.328 e. The monoisotopic (exact) mass is 238 g/mol. The third-order valence-corrected chi connectivity index (χ3v) is 4.70. The van der Waals surface area contributed by atoms with Crippen LogP contribution in [0.1, 0.15) is 47.7 Å². The zero-order valence-electron chi connectivity index (χ0n) is 10.3. The van der Waals surface area contributed by atoms with Crippen molar-refractivity contribution in [1.29, 1.82) is 0 Å². The molecule has 2 rings (SSSR count). The molecule has 0 spiro atoms. The second-order valence-electron chi connectivity index (χ2n) is 5.10. The Balaban J connectivity index is 1.97. The lowest BCUT2D eigenvalue weighted by Gasteiger charge is -2.15. The Morgan fingerprint density at radius 1 is 1.31 bits per heavy atom. The molecule has 16 heavy (non-hydrogen) atoms. The van der Waals surface area contributed by atoms with Crippen molar-refractivity contribution in [2.45, 2.75) is 58.4 Å². The molecular formula is C13H22N2S. The summed E-state index contributed by atoms with van der Waals surface area (Å²) in [5.74, 6) is 0.766. The highest BCUT2D eigenvalue weighted by atomic mass is 32.1. The van der Waals surface area contributed by atoms with Gasteiger partial charge in [-0.1, -0.05) is 12.8 Å². The third-order valence-electron chi connectivity index (χ3n) is 3.61. The van der Waals surface area contributed by atoms with E-state index in [9.17, 15) is 0 Å². The predicted octanol–water partition coefficient (Wildman–Crippen LogP) is 3.21. The van der Waals surface area contributed by atoms with Crippen LogP contribution in [0.15, 0.2) is 0 Å². The molecule has 1 aromatic rings. The smallest absolute Gasteiger partial charge is 0.0933 e. The van der Waals surface area contributed by atoms with Gasteiger partial charge in [-0.2, -0.15) is 0 Å². The number of thiazole rings is 1. The van der Waals surface area contributed by atoms with Crippen LogP contribution in [0.25, 0.3) is 0 Å². The van der Waals surface area contributed by atoms with Gasteiger partial charge in [-0.15, -0.1) is 11.3 Å².